The van der Waals surface area contributed by atoms with Gasteiger partial charge in [0.1, 0.15) is 10.5 Å². The van der Waals surface area contributed by atoms with E-state index in [1.807, 2.05) is 0 Å². The number of hydrogen-bond donors (Lipinski definition) is 1. The topological polar surface area (TPSA) is 81.8 Å². The van der Waals surface area contributed by atoms with Crippen LogP contribution in [0.15, 0.2) is 35.5 Å². The fraction of sp³-hybridized carbons (Fsp3) is 0.200. The molecule has 0 spiro atoms. The van der Waals surface area contributed by atoms with Crippen LogP contribution in [-0.4, -0.2) is 26.5 Å². The number of thiophene rings is 1. The van der Waals surface area contributed by atoms with Gasteiger partial charge in [-0.15, -0.1) is 23.7 Å². The first kappa shape index (κ1) is 20.6. The van der Waals surface area contributed by atoms with Crippen molar-refractivity contribution in [3.05, 3.63) is 46.0 Å². The fourth-order valence-corrected chi connectivity index (χ4v) is 3.79. The quantitative estimate of drug-likeness (QED) is 0.382. The van der Waals surface area contributed by atoms with Crippen molar-refractivity contribution in [1.29, 1.82) is 0 Å². The number of alkyl halides is 3. The molecule has 0 unspecified atom stereocenters. The first-order valence-corrected chi connectivity index (χ1v) is 8.83. The monoisotopic (exact) mass is 420 g/mol. The number of fused-ring (bicyclic) bond motifs is 1. The summed E-state index contributed by atoms with van der Waals surface area (Å²) >= 11 is 2.18. The van der Waals surface area contributed by atoms with Crippen molar-refractivity contribution in [3.8, 4) is 0 Å². The molecule has 11 heteroatoms. The summed E-state index contributed by atoms with van der Waals surface area (Å²) in [6, 6.07) is 6.34. The van der Waals surface area contributed by atoms with E-state index in [-0.39, 0.29) is 40.0 Å². The third-order valence-corrected chi connectivity index (χ3v) is 5.27. The maximum Gasteiger partial charge on any atom is 0.451 e. The van der Waals surface area contributed by atoms with Crippen molar-refractivity contribution in [1.82, 2.24) is 15.0 Å². The lowest BCUT2D eigenvalue weighted by molar-refractivity contribution is -0.145. The van der Waals surface area contributed by atoms with Gasteiger partial charge in [0.15, 0.2) is 5.78 Å². The molecule has 138 valence electrons. The lowest BCUT2D eigenvalue weighted by atomic mass is 10.3. The van der Waals surface area contributed by atoms with E-state index in [1.165, 1.54) is 29.7 Å². The molecule has 0 atom stereocenters. The van der Waals surface area contributed by atoms with E-state index >= 15 is 0 Å². The van der Waals surface area contributed by atoms with E-state index < -0.39 is 12.0 Å². The van der Waals surface area contributed by atoms with Gasteiger partial charge < -0.3 is 5.73 Å². The Labute approximate surface area is 160 Å². The molecule has 0 radical (unpaired) electrons. The van der Waals surface area contributed by atoms with Crippen molar-refractivity contribution in [3.63, 3.8) is 0 Å². The first-order valence-electron chi connectivity index (χ1n) is 7.03. The largest absolute Gasteiger partial charge is 0.451 e. The molecule has 0 aromatic carbocycles. The van der Waals surface area contributed by atoms with E-state index in [0.29, 0.717) is 11.4 Å². The Balaban J connectivity index is 0.00000243. The van der Waals surface area contributed by atoms with Crippen LogP contribution in [0.25, 0.3) is 11.0 Å². The molecule has 3 heterocycles. The van der Waals surface area contributed by atoms with E-state index in [1.54, 1.807) is 12.1 Å². The molecule has 0 fully saturated rings. The van der Waals surface area contributed by atoms with Crippen LogP contribution in [0.4, 0.5) is 13.2 Å². The van der Waals surface area contributed by atoms with E-state index in [9.17, 15) is 18.0 Å². The summed E-state index contributed by atoms with van der Waals surface area (Å²) in [7, 11) is 0. The SMILES string of the molecule is Cl.NCc1ccc(C(=O)CSc2nc(C(F)(F)F)nc3cccnc23)s1. The predicted octanol–water partition coefficient (Wildman–Crippen LogP) is 3.96. The molecule has 0 saturated heterocycles. The second-order valence-electron chi connectivity index (χ2n) is 4.90. The molecule has 0 bridgehead atoms. The van der Waals surface area contributed by atoms with Crippen LogP contribution in [0.3, 0.4) is 0 Å². The Hall–Kier alpha value is -1.75. The van der Waals surface area contributed by atoms with Crippen LogP contribution in [-0.2, 0) is 12.7 Å². The number of Topliss-reactive ketones (excluding diaryl/α,β-unsaturated/α-hetero) is 1. The van der Waals surface area contributed by atoms with Crippen LogP contribution >= 0.6 is 35.5 Å². The third kappa shape index (κ3) is 4.50. The minimum atomic E-state index is -4.67. The van der Waals surface area contributed by atoms with Crippen molar-refractivity contribution in [2.45, 2.75) is 17.7 Å². The highest BCUT2D eigenvalue weighted by atomic mass is 35.5. The maximum atomic E-state index is 13.0. The number of carbonyl (C=O) groups excluding carboxylic acids is 1. The number of thioether (sulfide) groups is 1. The highest BCUT2D eigenvalue weighted by Crippen LogP contribution is 2.31. The zero-order chi connectivity index (χ0) is 18.0. The van der Waals surface area contributed by atoms with Crippen LogP contribution in [0, 0.1) is 0 Å². The average molecular weight is 421 g/mol. The zero-order valence-electron chi connectivity index (χ0n) is 13.0. The number of hydrogen-bond acceptors (Lipinski definition) is 7. The van der Waals surface area contributed by atoms with Gasteiger partial charge in [0.2, 0.25) is 5.82 Å². The molecule has 3 rings (SSSR count). The summed E-state index contributed by atoms with van der Waals surface area (Å²) in [6.45, 7) is 0.334. The number of ketones is 1. The second kappa shape index (κ2) is 8.30. The molecule has 0 aliphatic heterocycles. The number of aromatic nitrogens is 3. The Morgan fingerprint density at radius 3 is 2.65 bits per heavy atom. The Morgan fingerprint density at radius 1 is 1.23 bits per heavy atom. The van der Waals surface area contributed by atoms with Crippen LogP contribution < -0.4 is 5.73 Å². The molecule has 2 N–H and O–H groups in total. The predicted molar refractivity (Wildman–Crippen MR) is 96.8 cm³/mol. The molecular weight excluding hydrogens is 409 g/mol. The van der Waals surface area contributed by atoms with Crippen molar-refractivity contribution < 1.29 is 18.0 Å². The minimum Gasteiger partial charge on any atom is -0.326 e. The molecule has 5 nitrogen and oxygen atoms in total. The number of nitrogens with zero attached hydrogens (tertiary/aromatic N) is 3. The summed E-state index contributed by atoms with van der Waals surface area (Å²) in [4.78, 5) is 24.7. The smallest absolute Gasteiger partial charge is 0.326 e. The fourth-order valence-electron chi connectivity index (χ4n) is 2.01. The van der Waals surface area contributed by atoms with E-state index in [2.05, 4.69) is 15.0 Å². The molecule has 0 aliphatic carbocycles. The van der Waals surface area contributed by atoms with Gasteiger partial charge in [-0.2, -0.15) is 13.2 Å². The number of carbonyl (C=O) groups is 1. The Kier molecular flexibility index (Phi) is 6.56. The van der Waals surface area contributed by atoms with Crippen molar-refractivity contribution in [2.24, 2.45) is 5.73 Å². The van der Waals surface area contributed by atoms with Crippen LogP contribution in [0.1, 0.15) is 20.4 Å². The Morgan fingerprint density at radius 2 is 2.00 bits per heavy atom. The second-order valence-corrected chi connectivity index (χ2v) is 7.04. The molecule has 0 amide bonds. The third-order valence-electron chi connectivity index (χ3n) is 3.15. The summed E-state index contributed by atoms with van der Waals surface area (Å²) in [5.41, 5.74) is 5.83. The molecule has 0 aliphatic rings. The first-order chi connectivity index (χ1) is 11.9. The van der Waals surface area contributed by atoms with Gasteiger partial charge in [-0.1, -0.05) is 11.8 Å². The number of rotatable bonds is 5. The van der Waals surface area contributed by atoms with Gasteiger partial charge in [0, 0.05) is 17.6 Å². The van der Waals surface area contributed by atoms with Gasteiger partial charge >= 0.3 is 6.18 Å². The average Bonchev–Trinajstić information content (AvgIpc) is 3.07. The van der Waals surface area contributed by atoms with Crippen molar-refractivity contribution in [2.75, 3.05) is 5.75 Å². The Bertz CT molecular complexity index is 933. The maximum absolute atomic E-state index is 13.0. The van der Waals surface area contributed by atoms with E-state index in [0.717, 1.165) is 16.6 Å². The number of halogens is 4. The lowest BCUT2D eigenvalue weighted by Crippen LogP contribution is -2.12. The van der Waals surface area contributed by atoms with Gasteiger partial charge in [-0.25, -0.2) is 9.97 Å². The highest BCUT2D eigenvalue weighted by Gasteiger charge is 2.35. The number of nitrogens with two attached hydrogens (primary N) is 1. The molecule has 3 aromatic heterocycles. The minimum absolute atomic E-state index is 0. The highest BCUT2D eigenvalue weighted by molar-refractivity contribution is 8.00. The summed E-state index contributed by atoms with van der Waals surface area (Å²) < 4.78 is 38.9. The molecule has 3 aromatic rings. The van der Waals surface area contributed by atoms with Crippen LogP contribution in [0.5, 0.6) is 0 Å². The summed E-state index contributed by atoms with van der Waals surface area (Å²) in [6.07, 6.45) is -3.23. The molecule has 0 saturated carbocycles. The van der Waals surface area contributed by atoms with Gasteiger partial charge in [-0.3, -0.25) is 9.78 Å². The van der Waals surface area contributed by atoms with Crippen molar-refractivity contribution >= 4 is 52.3 Å². The number of pyridine rings is 1. The van der Waals surface area contributed by atoms with Gasteiger partial charge in [0.25, 0.3) is 0 Å². The lowest BCUT2D eigenvalue weighted by Gasteiger charge is -2.09. The zero-order valence-corrected chi connectivity index (χ0v) is 15.4. The molecule has 26 heavy (non-hydrogen) atoms. The van der Waals surface area contributed by atoms with Gasteiger partial charge in [-0.05, 0) is 24.3 Å². The van der Waals surface area contributed by atoms with E-state index in [4.69, 9.17) is 5.73 Å². The standard InChI is InChI=1S/C15H11F3N4OS2.ClH/c16-15(17,18)14-21-9-2-1-5-20-12(9)13(22-14)24-7-10(23)11-4-3-8(6-19)25-11;/h1-5H,6-7,19H2;1H. The van der Waals surface area contributed by atoms with Crippen LogP contribution in [0.2, 0.25) is 0 Å². The molecular formula is C15H12ClF3N4OS2. The normalized spacial score (nSPS) is 11.4. The summed E-state index contributed by atoms with van der Waals surface area (Å²) in [5.74, 6) is -1.50. The summed E-state index contributed by atoms with van der Waals surface area (Å²) in [5, 5.41) is 0.0295. The van der Waals surface area contributed by atoms with Gasteiger partial charge in [0.05, 0.1) is 16.1 Å².